The van der Waals surface area contributed by atoms with Crippen LogP contribution in [0.1, 0.15) is 5.82 Å². The molecule has 1 aliphatic heterocycles. The Hall–Kier alpha value is -3.79. The minimum atomic E-state index is 0.664. The Morgan fingerprint density at radius 2 is 1.88 bits per heavy atom. The lowest BCUT2D eigenvalue weighted by atomic mass is 10.1. The van der Waals surface area contributed by atoms with Gasteiger partial charge in [0.1, 0.15) is 17.4 Å². The van der Waals surface area contributed by atoms with Crippen molar-refractivity contribution in [3.8, 4) is 22.8 Å². The number of likely N-dealkylation sites (N-methyl/N-ethyl adjacent to an activating group) is 1. The minimum absolute atomic E-state index is 0.664. The molecule has 5 aromatic rings. The van der Waals surface area contributed by atoms with E-state index < -0.39 is 0 Å². The van der Waals surface area contributed by atoms with E-state index in [1.54, 1.807) is 0 Å². The summed E-state index contributed by atoms with van der Waals surface area (Å²) in [5.41, 5.74) is 6.41. The van der Waals surface area contributed by atoms with Crippen molar-refractivity contribution in [3.63, 3.8) is 0 Å². The first kappa shape index (κ1) is 19.9. The summed E-state index contributed by atoms with van der Waals surface area (Å²) in [6, 6.07) is 4.19. The average molecular weight is 444 g/mol. The summed E-state index contributed by atoms with van der Waals surface area (Å²) in [5.74, 6) is 1.88. The van der Waals surface area contributed by atoms with Gasteiger partial charge in [-0.1, -0.05) is 0 Å². The first-order valence-electron chi connectivity index (χ1n) is 11.1. The summed E-state index contributed by atoms with van der Waals surface area (Å²) < 4.78 is 4.27. The molecule has 0 amide bonds. The number of fused-ring (bicyclic) bond motifs is 2. The van der Waals surface area contributed by atoms with E-state index >= 15 is 0 Å². The molecule has 33 heavy (non-hydrogen) atoms. The van der Waals surface area contributed by atoms with Gasteiger partial charge >= 0.3 is 0 Å². The lowest BCUT2D eigenvalue weighted by Gasteiger charge is -2.34. The van der Waals surface area contributed by atoms with Gasteiger partial charge in [-0.05, 0) is 19.2 Å². The Labute approximate surface area is 190 Å². The molecule has 1 fully saturated rings. The standard InChI is InChI=1S/C23H27N10/c1-14-31(3)13-18(32(14)4)15-11-16-19(28-29-21(16)25-12-15)23-26-20-17(5-6-24-22(20)27-23)33-9-7-30(2)8-10-33/h5-6,11-13H,7-10H2,1-4H3,(H,24,26,27)(H,25,28,29)/q+1. The number of aromatic amines is 2. The molecule has 0 aromatic carbocycles. The molecule has 0 spiro atoms. The highest BCUT2D eigenvalue weighted by Gasteiger charge is 2.22. The third-order valence-corrected chi connectivity index (χ3v) is 6.83. The van der Waals surface area contributed by atoms with Crippen molar-refractivity contribution in [2.75, 3.05) is 38.1 Å². The number of piperazine rings is 1. The van der Waals surface area contributed by atoms with Crippen molar-refractivity contribution < 1.29 is 4.57 Å². The molecule has 5 aromatic heterocycles. The lowest BCUT2D eigenvalue weighted by molar-refractivity contribution is -0.677. The van der Waals surface area contributed by atoms with Crippen LogP contribution in [-0.4, -0.2) is 72.8 Å². The van der Waals surface area contributed by atoms with Gasteiger partial charge in [0.15, 0.2) is 22.8 Å². The second-order valence-electron chi connectivity index (χ2n) is 8.83. The van der Waals surface area contributed by atoms with E-state index in [0.29, 0.717) is 17.1 Å². The van der Waals surface area contributed by atoms with Gasteiger partial charge in [0.25, 0.3) is 5.82 Å². The van der Waals surface area contributed by atoms with Crippen LogP contribution in [0.25, 0.3) is 45.0 Å². The molecule has 10 nitrogen and oxygen atoms in total. The molecule has 0 radical (unpaired) electrons. The van der Waals surface area contributed by atoms with E-state index in [4.69, 9.17) is 4.98 Å². The van der Waals surface area contributed by atoms with E-state index in [1.807, 2.05) is 19.4 Å². The van der Waals surface area contributed by atoms with E-state index in [2.05, 4.69) is 83.4 Å². The highest BCUT2D eigenvalue weighted by molar-refractivity contribution is 5.94. The van der Waals surface area contributed by atoms with Crippen LogP contribution in [0.3, 0.4) is 0 Å². The van der Waals surface area contributed by atoms with Gasteiger partial charge in [-0.25, -0.2) is 24.1 Å². The zero-order valence-electron chi connectivity index (χ0n) is 19.3. The number of hydrogen-bond donors (Lipinski definition) is 2. The number of nitrogens with one attached hydrogen (secondary N) is 2. The summed E-state index contributed by atoms with van der Waals surface area (Å²) in [6.07, 6.45) is 5.82. The molecule has 1 saturated heterocycles. The number of anilines is 1. The first-order valence-corrected chi connectivity index (χ1v) is 11.1. The second-order valence-corrected chi connectivity index (χ2v) is 8.83. The fourth-order valence-corrected chi connectivity index (χ4v) is 4.59. The quantitative estimate of drug-likeness (QED) is 0.413. The molecule has 1 aliphatic rings. The number of H-pyrrole nitrogens is 2. The van der Waals surface area contributed by atoms with Crippen LogP contribution in [0.15, 0.2) is 30.7 Å². The molecule has 0 saturated carbocycles. The van der Waals surface area contributed by atoms with Gasteiger partial charge in [-0.2, -0.15) is 5.10 Å². The molecular weight excluding hydrogens is 416 g/mol. The smallest absolute Gasteiger partial charge is 0.253 e. The summed E-state index contributed by atoms with van der Waals surface area (Å²) in [7, 11) is 6.28. The van der Waals surface area contributed by atoms with Crippen molar-refractivity contribution in [2.45, 2.75) is 6.92 Å². The minimum Gasteiger partial charge on any atom is -0.367 e. The number of rotatable bonds is 3. The molecule has 0 aliphatic carbocycles. The maximum Gasteiger partial charge on any atom is 0.253 e. The van der Waals surface area contributed by atoms with Crippen molar-refractivity contribution >= 4 is 27.9 Å². The van der Waals surface area contributed by atoms with Crippen LogP contribution in [0.4, 0.5) is 5.69 Å². The summed E-state index contributed by atoms with van der Waals surface area (Å²) in [6.45, 7) is 6.15. The lowest BCUT2D eigenvalue weighted by Crippen LogP contribution is -2.44. The fourth-order valence-electron chi connectivity index (χ4n) is 4.59. The zero-order valence-corrected chi connectivity index (χ0v) is 19.3. The SMILES string of the molecule is Cc1n(C)c(-c2cnc3n[nH]c(-c4nc5nccc(N6CCN(C)CC6)c5[nH]4)c3c2)c[n+]1C. The second kappa shape index (κ2) is 7.38. The van der Waals surface area contributed by atoms with E-state index in [-0.39, 0.29) is 0 Å². The Balaban J connectivity index is 1.45. The van der Waals surface area contributed by atoms with Crippen molar-refractivity contribution in [1.82, 2.24) is 39.6 Å². The molecular formula is C23H27N10+. The number of aromatic nitrogens is 8. The average Bonchev–Trinajstić information content (AvgIpc) is 3.51. The third kappa shape index (κ3) is 3.17. The maximum absolute atomic E-state index is 4.80. The maximum atomic E-state index is 4.80. The number of hydrogen-bond acceptors (Lipinski definition) is 6. The molecule has 0 bridgehead atoms. The molecule has 6 rings (SSSR count). The van der Waals surface area contributed by atoms with Crippen molar-refractivity contribution in [3.05, 3.63) is 36.5 Å². The normalized spacial score (nSPS) is 15.2. The summed E-state index contributed by atoms with van der Waals surface area (Å²) in [4.78, 5) is 22.2. The predicted octanol–water partition coefficient (Wildman–Crippen LogP) is 1.79. The summed E-state index contributed by atoms with van der Waals surface area (Å²) in [5, 5.41) is 8.49. The Kier molecular flexibility index (Phi) is 4.44. The first-order chi connectivity index (χ1) is 16.0. The Bertz CT molecular complexity index is 1480. The van der Waals surface area contributed by atoms with Crippen molar-refractivity contribution in [1.29, 1.82) is 0 Å². The highest BCUT2D eigenvalue weighted by Crippen LogP contribution is 2.31. The number of nitrogens with zero attached hydrogens (tertiary/aromatic N) is 8. The Morgan fingerprint density at radius 1 is 1.06 bits per heavy atom. The fraction of sp³-hybridized carbons (Fsp3) is 0.348. The molecule has 0 atom stereocenters. The van der Waals surface area contributed by atoms with E-state index in [9.17, 15) is 0 Å². The monoisotopic (exact) mass is 443 g/mol. The number of aryl methyl sites for hydroxylation is 1. The largest absolute Gasteiger partial charge is 0.367 e. The van der Waals surface area contributed by atoms with Crippen LogP contribution in [0.5, 0.6) is 0 Å². The molecule has 6 heterocycles. The van der Waals surface area contributed by atoms with Crippen LogP contribution in [0.2, 0.25) is 0 Å². The van der Waals surface area contributed by atoms with Crippen LogP contribution in [0, 0.1) is 6.92 Å². The number of pyridine rings is 2. The van der Waals surface area contributed by atoms with Crippen molar-refractivity contribution in [2.24, 2.45) is 14.1 Å². The summed E-state index contributed by atoms with van der Waals surface area (Å²) >= 11 is 0. The third-order valence-electron chi connectivity index (χ3n) is 6.83. The Morgan fingerprint density at radius 3 is 2.64 bits per heavy atom. The topological polar surface area (TPSA) is 98.4 Å². The molecule has 10 heteroatoms. The van der Waals surface area contributed by atoms with E-state index in [1.165, 1.54) is 0 Å². The van der Waals surface area contributed by atoms with Gasteiger partial charge in [0.2, 0.25) is 0 Å². The van der Waals surface area contributed by atoms with Gasteiger partial charge in [-0.15, -0.1) is 0 Å². The number of imidazole rings is 2. The molecule has 168 valence electrons. The molecule has 0 unspecified atom stereocenters. The predicted molar refractivity (Wildman–Crippen MR) is 127 cm³/mol. The van der Waals surface area contributed by atoms with Crippen LogP contribution in [-0.2, 0) is 14.1 Å². The van der Waals surface area contributed by atoms with Crippen LogP contribution >= 0.6 is 0 Å². The van der Waals surface area contributed by atoms with Gasteiger partial charge < -0.3 is 14.8 Å². The van der Waals surface area contributed by atoms with Gasteiger partial charge in [0, 0.05) is 51.1 Å². The van der Waals surface area contributed by atoms with Gasteiger partial charge in [0.05, 0.1) is 25.2 Å². The highest BCUT2D eigenvalue weighted by atomic mass is 15.3. The zero-order chi connectivity index (χ0) is 22.7. The molecule has 2 N–H and O–H groups in total. The van der Waals surface area contributed by atoms with Crippen LogP contribution < -0.4 is 9.47 Å². The van der Waals surface area contributed by atoms with E-state index in [0.717, 1.165) is 65.5 Å². The van der Waals surface area contributed by atoms with Gasteiger partial charge in [-0.3, -0.25) is 5.10 Å².